The van der Waals surface area contributed by atoms with Crippen molar-refractivity contribution in [3.05, 3.63) is 233 Å². The lowest BCUT2D eigenvalue weighted by Gasteiger charge is -2.28. The van der Waals surface area contributed by atoms with Crippen molar-refractivity contribution in [2.75, 3.05) is 92.2 Å². The molecule has 6 aromatic carbocycles. The number of nitrogens with zero attached hydrogens (tertiary/aromatic N) is 13. The maximum atomic E-state index is 13.2. The Morgan fingerprint density at radius 3 is 1.13 bits per heavy atom. The summed E-state index contributed by atoms with van der Waals surface area (Å²) < 4.78 is 163. The van der Waals surface area contributed by atoms with Gasteiger partial charge in [0, 0.05) is 231 Å². The van der Waals surface area contributed by atoms with Crippen LogP contribution in [0.5, 0.6) is 0 Å². The Morgan fingerprint density at radius 1 is 0.445 bits per heavy atom. The van der Waals surface area contributed by atoms with Crippen molar-refractivity contribution in [1.29, 1.82) is 0 Å². The standard InChI is InChI=1S/C24H32N6O4S2.C13H19BrN2O2S.C12H16N4O2S.C11H13BrN4O2S.C8H9BrN2O4S.C8H11BrN2O2S.C6H3BrClNO4S.C3H3BrN2.C3H8/c1-15(2)34-24(31)29-17-7-5-16(6-8-17)22-27-14-20(35-22)19-10-9-18(28-23-25-11-12-26-23)13-21(19)36(32,33)30(3)4;1-8(2)18-13(17)16-10-5-3-9(4-6-10)12-15-7-11(14)19-12;1-9-4-5-10(15-12-13-6-7-14-12)8-11(9)19(17,18)16(2)3;1-16(2)19(17,18)10-7-8(3-4-9(10)12)15-11-13-5-6-14-11;1-10(2)16(14,15)8-5-6(11(12)13)3-4-7(8)9;1-11(2)14(12,13)8-5-6(10)3-4-7(8)9;7-5-2-1-4(9(10)11)3-6(5)14(8,12)13;4-3-5-1-2-6-3;1-3-2/h9-17H,5-8H2,1-4H3,(H,29,31)(H2,25,26,28);7-10H,3-6H2,1-2H3,(H,16,17);4-8H,1-3H3,(H2,13,14,15);3-7H,1-2H3,(H2,13,14,15);3-5H,1-2H3;3-5H,10H2,1-2H3;1-3H;1-2H,(H,5,6);3H2,1-2H3. The zero-order valence-electron chi connectivity index (χ0n) is 82.0. The summed E-state index contributed by atoms with van der Waals surface area (Å²) in [5.41, 5.74) is 8.60. The molecular formula is C88H114Br6ClN23O20S8. The summed E-state index contributed by atoms with van der Waals surface area (Å²) in [4.78, 5) is 80.8. The molecule has 0 atom stereocenters. The van der Waals surface area contributed by atoms with Crippen molar-refractivity contribution in [2.24, 2.45) is 0 Å². The highest BCUT2D eigenvalue weighted by Gasteiger charge is 2.32. The molecule has 43 nitrogen and oxygen atoms in total. The van der Waals surface area contributed by atoms with Crippen LogP contribution >= 0.6 is 129 Å². The normalized spacial score (nSPS) is 14.7. The monoisotopic (exact) mass is 2580 g/mol. The van der Waals surface area contributed by atoms with E-state index in [4.69, 9.17) is 25.9 Å². The van der Waals surface area contributed by atoms with Crippen LogP contribution in [-0.4, -0.2) is 239 Å². The van der Waals surface area contributed by atoms with E-state index in [9.17, 15) is 80.3 Å². The summed E-state index contributed by atoms with van der Waals surface area (Å²) in [5.74, 6) is 2.46. The van der Waals surface area contributed by atoms with Gasteiger partial charge in [-0.2, -0.15) is 0 Å². The number of non-ortho nitro benzene ring substituents is 2. The molecule has 146 heavy (non-hydrogen) atoms. The first-order valence-corrected chi connectivity index (χ1v) is 59.6. The Hall–Kier alpha value is -9.37. The number of nitro benzene ring substituents is 2. The van der Waals surface area contributed by atoms with Crippen LogP contribution in [0.25, 0.3) is 10.4 Å². The first kappa shape index (κ1) is 125. The third-order valence-electron chi connectivity index (χ3n) is 19.9. The average molecular weight is 2590 g/mol. The van der Waals surface area contributed by atoms with E-state index < -0.39 is 69.0 Å². The topological polar surface area (TPSA) is 587 Å². The number of amides is 2. The number of carbonyl (C=O) groups is 2. The molecule has 0 spiro atoms. The third-order valence-corrected chi connectivity index (χ3v) is 37.7. The lowest BCUT2D eigenvalue weighted by molar-refractivity contribution is -0.385. The summed E-state index contributed by atoms with van der Waals surface area (Å²) in [7, 11) is -1.92. The molecule has 11 N–H and O–H groups in total. The number of halogens is 7. The Bertz CT molecular complexity index is 6890. The number of alkyl carbamates (subject to hydrolysis) is 2. The van der Waals surface area contributed by atoms with Crippen molar-refractivity contribution in [3.8, 4) is 10.4 Å². The van der Waals surface area contributed by atoms with Crippen molar-refractivity contribution >= 4 is 252 Å². The van der Waals surface area contributed by atoms with E-state index in [1.165, 1.54) is 136 Å². The Kier molecular flexibility index (Phi) is 49.9. The molecule has 2 aliphatic rings. The number of imidazole rings is 4. The zero-order chi connectivity index (χ0) is 109. The molecule has 14 rings (SSSR count). The minimum atomic E-state index is -3.97. The minimum absolute atomic E-state index is 0.0657. The van der Waals surface area contributed by atoms with E-state index in [0.717, 1.165) is 90.5 Å². The van der Waals surface area contributed by atoms with Crippen LogP contribution in [0.3, 0.4) is 0 Å². The van der Waals surface area contributed by atoms with Gasteiger partial charge in [-0.3, -0.25) is 20.2 Å². The number of aromatic nitrogens is 10. The predicted octanol–water partition coefficient (Wildman–Crippen LogP) is 20.4. The fourth-order valence-electron chi connectivity index (χ4n) is 12.6. The second-order valence-electron chi connectivity index (χ2n) is 32.8. The number of hydrogen-bond donors (Lipinski definition) is 10. The molecule has 798 valence electrons. The van der Waals surface area contributed by atoms with E-state index in [0.29, 0.717) is 71.1 Å². The Balaban J connectivity index is 0.000000263. The smallest absolute Gasteiger partial charge is 0.407 e. The molecular weight excluding hydrogens is 2470 g/mol. The summed E-state index contributed by atoms with van der Waals surface area (Å²) in [5, 5.41) is 38.1. The fraction of sp³-hybridized carbons (Fsp3) is 0.364. The largest absolute Gasteiger partial charge is 0.447 e. The quantitative estimate of drug-likeness (QED) is 0.0104. The number of nitro groups is 2. The number of sulfonamides is 5. The first-order valence-electron chi connectivity index (χ1n) is 43.7. The van der Waals surface area contributed by atoms with Gasteiger partial charge in [0.15, 0.2) is 4.73 Å². The number of aryl methyl sites for hydroxylation is 1. The van der Waals surface area contributed by atoms with Crippen LogP contribution in [0, 0.1) is 27.2 Å². The maximum Gasteiger partial charge on any atom is 0.407 e. The molecule has 2 aliphatic carbocycles. The van der Waals surface area contributed by atoms with Crippen LogP contribution in [0.1, 0.15) is 127 Å². The number of nitrogens with one attached hydrogen (secondary N) is 9. The van der Waals surface area contributed by atoms with Crippen LogP contribution < -0.4 is 32.3 Å². The van der Waals surface area contributed by atoms with E-state index in [1.807, 2.05) is 46.0 Å². The van der Waals surface area contributed by atoms with Gasteiger partial charge in [0.25, 0.3) is 20.4 Å². The Labute approximate surface area is 912 Å². The number of thiazole rings is 2. The lowest BCUT2D eigenvalue weighted by Crippen LogP contribution is -2.38. The number of ether oxygens (including phenoxy) is 2. The van der Waals surface area contributed by atoms with Gasteiger partial charge in [-0.15, -0.1) is 22.7 Å². The summed E-state index contributed by atoms with van der Waals surface area (Å²) in [6.45, 7) is 13.4. The molecule has 0 radical (unpaired) electrons. The second kappa shape index (κ2) is 58.1. The highest BCUT2D eigenvalue weighted by atomic mass is 79.9. The molecule has 2 saturated carbocycles. The van der Waals surface area contributed by atoms with Gasteiger partial charge in [-0.05, 0) is 260 Å². The van der Waals surface area contributed by atoms with Crippen molar-refractivity contribution in [2.45, 2.75) is 172 Å². The molecule has 12 aromatic rings. The van der Waals surface area contributed by atoms with Crippen LogP contribution in [0.15, 0.2) is 227 Å². The molecule has 6 aromatic heterocycles. The number of rotatable bonds is 26. The van der Waals surface area contributed by atoms with E-state index >= 15 is 0 Å². The number of hydrogen-bond acceptors (Lipinski definition) is 32. The molecule has 0 aliphatic heterocycles. The highest BCUT2D eigenvalue weighted by molar-refractivity contribution is 9.11. The molecule has 2 fully saturated rings. The van der Waals surface area contributed by atoms with Gasteiger partial charge < -0.3 is 61.7 Å². The van der Waals surface area contributed by atoms with E-state index in [-0.39, 0.29) is 87.6 Å². The van der Waals surface area contributed by atoms with Crippen LogP contribution in [-0.2, 0) is 68.6 Å². The number of H-pyrrole nitrogens is 4. The van der Waals surface area contributed by atoms with Crippen LogP contribution in [0.2, 0.25) is 0 Å². The van der Waals surface area contributed by atoms with Crippen molar-refractivity contribution in [1.82, 2.24) is 82.0 Å². The van der Waals surface area contributed by atoms with Gasteiger partial charge >= 0.3 is 12.2 Å². The van der Waals surface area contributed by atoms with Gasteiger partial charge in [0.05, 0.1) is 66.5 Å². The fourth-order valence-corrected chi connectivity index (χ4v) is 25.3. The number of aromatic amines is 4. The van der Waals surface area contributed by atoms with Crippen LogP contribution in [0.4, 0.5) is 61.6 Å². The number of carbonyl (C=O) groups excluding carboxylic acids is 2. The average Bonchev–Trinajstić information content (AvgIpc) is 1.53. The third kappa shape index (κ3) is 38.9. The number of benzene rings is 6. The molecule has 0 bridgehead atoms. The lowest BCUT2D eigenvalue weighted by atomic mass is 9.86. The van der Waals surface area contributed by atoms with Crippen molar-refractivity contribution in [3.63, 3.8) is 0 Å². The minimum Gasteiger partial charge on any atom is -0.447 e. The summed E-state index contributed by atoms with van der Waals surface area (Å²) in [6.07, 6.45) is 25.0. The van der Waals surface area contributed by atoms with E-state index in [2.05, 4.69) is 186 Å². The second-order valence-corrected chi connectivity index (χ2v) is 53.6. The van der Waals surface area contributed by atoms with Gasteiger partial charge in [-0.1, -0.05) is 32.4 Å². The number of nitrogen functional groups attached to an aromatic ring is 1. The molecule has 2 amide bonds. The first-order chi connectivity index (χ1) is 68.2. The molecule has 58 heteroatoms. The Morgan fingerprint density at radius 2 is 0.774 bits per heavy atom. The van der Waals surface area contributed by atoms with Gasteiger partial charge in [-0.25, -0.2) is 112 Å². The van der Waals surface area contributed by atoms with Gasteiger partial charge in [0.2, 0.25) is 68.0 Å². The van der Waals surface area contributed by atoms with Gasteiger partial charge in [0.1, 0.15) is 9.79 Å². The van der Waals surface area contributed by atoms with E-state index in [1.54, 1.807) is 129 Å². The number of nitrogens with two attached hydrogens (primary N) is 1. The molecule has 6 heterocycles. The molecule has 0 saturated heterocycles. The SMILES string of the molecule is Brc1ncc[nH]1.CC(C)OC(=O)NC1CCC(c2ncc(-c3ccc(Nc4ncc[nH]4)cc3S(=O)(=O)N(C)C)s2)CC1.CC(C)OC(=O)NC1CCC(c2ncc(Br)s2)CC1.CCC.CN(C)S(=O)(=O)c1cc(N)ccc1Br.CN(C)S(=O)(=O)c1cc(Nc2ncc[nH]2)ccc1Br.CN(C)S(=O)(=O)c1cc([N+](=O)[O-])ccc1Br.Cc1ccc(Nc2ncc[nH]2)cc1S(=O)(=O)N(C)C.O=[N+]([O-])c1ccc(Br)c(S(=O)(=O)Cl)c1. The summed E-state index contributed by atoms with van der Waals surface area (Å²) in [6, 6.07) is 27.4. The highest BCUT2D eigenvalue weighted by Crippen LogP contribution is 2.43. The molecule has 0 unspecified atom stereocenters. The predicted molar refractivity (Wildman–Crippen MR) is 588 cm³/mol. The maximum absolute atomic E-state index is 13.2. The summed E-state index contributed by atoms with van der Waals surface area (Å²) >= 11 is 22.2. The zero-order valence-corrected chi connectivity index (χ0v) is 98.8. The number of anilines is 7. The van der Waals surface area contributed by atoms with Crippen molar-refractivity contribution < 1.29 is 79.4 Å².